The third-order valence-electron chi connectivity index (χ3n) is 3.67. The number of benzene rings is 1. The van der Waals surface area contributed by atoms with Crippen molar-refractivity contribution in [2.75, 3.05) is 11.9 Å². The molecule has 1 amide bonds. The summed E-state index contributed by atoms with van der Waals surface area (Å²) in [5, 5.41) is 3.99. The highest BCUT2D eigenvalue weighted by Gasteiger charge is 2.17. The fourth-order valence-electron chi connectivity index (χ4n) is 2.41. The molecular formula is C16H16FN5O. The van der Waals surface area contributed by atoms with E-state index in [2.05, 4.69) is 20.3 Å². The zero-order chi connectivity index (χ0) is 16.2. The number of hydrogen-bond donors (Lipinski definition) is 3. The Kier molecular flexibility index (Phi) is 4.18. The van der Waals surface area contributed by atoms with E-state index < -0.39 is 11.8 Å². The highest BCUT2D eigenvalue weighted by atomic mass is 19.1. The van der Waals surface area contributed by atoms with Gasteiger partial charge >= 0.3 is 0 Å². The number of carbonyl (C=O) groups is 1. The number of amides is 1. The summed E-state index contributed by atoms with van der Waals surface area (Å²) in [5.74, 6) is -0.509. The van der Waals surface area contributed by atoms with Crippen molar-refractivity contribution in [3.05, 3.63) is 54.2 Å². The molecule has 0 fully saturated rings. The van der Waals surface area contributed by atoms with Crippen LogP contribution in [0.5, 0.6) is 0 Å². The van der Waals surface area contributed by atoms with Crippen LogP contribution in [0.3, 0.4) is 0 Å². The van der Waals surface area contributed by atoms with Crippen LogP contribution in [0.25, 0.3) is 11.0 Å². The largest absolute Gasteiger partial charge is 0.369 e. The number of nitrogens with one attached hydrogen (secondary N) is 2. The Morgan fingerprint density at radius 1 is 1.26 bits per heavy atom. The Morgan fingerprint density at radius 2 is 2.04 bits per heavy atom. The van der Waals surface area contributed by atoms with E-state index in [4.69, 9.17) is 5.73 Å². The molecular weight excluding hydrogens is 297 g/mol. The molecule has 3 aromatic rings. The first kappa shape index (κ1) is 15.0. The molecule has 6 nitrogen and oxygen atoms in total. The Balaban J connectivity index is 1.71. The number of nitrogens with two attached hydrogens (primary N) is 1. The predicted octanol–water partition coefficient (Wildman–Crippen LogP) is 1.85. The molecule has 4 N–H and O–H groups in total. The summed E-state index contributed by atoms with van der Waals surface area (Å²) in [4.78, 5) is 23.0. The number of halogens is 1. The second kappa shape index (κ2) is 6.43. The van der Waals surface area contributed by atoms with Gasteiger partial charge in [0.2, 0.25) is 5.91 Å². The second-order valence-electron chi connectivity index (χ2n) is 5.27. The molecule has 0 bridgehead atoms. The average molecular weight is 313 g/mol. The van der Waals surface area contributed by atoms with Crippen LogP contribution in [-0.4, -0.2) is 27.4 Å². The summed E-state index contributed by atoms with van der Waals surface area (Å²) in [6, 6.07) is 7.90. The highest BCUT2D eigenvalue weighted by molar-refractivity contribution is 5.87. The van der Waals surface area contributed by atoms with Crippen LogP contribution in [0, 0.1) is 11.7 Å². The normalized spacial score (nSPS) is 12.2. The molecule has 0 aliphatic carbocycles. The monoisotopic (exact) mass is 313 g/mol. The van der Waals surface area contributed by atoms with Crippen LogP contribution < -0.4 is 11.1 Å². The fraction of sp³-hybridized carbons (Fsp3) is 0.188. The van der Waals surface area contributed by atoms with Gasteiger partial charge in [0.15, 0.2) is 0 Å². The van der Waals surface area contributed by atoms with E-state index >= 15 is 0 Å². The van der Waals surface area contributed by atoms with Gasteiger partial charge in [-0.3, -0.25) is 4.79 Å². The summed E-state index contributed by atoms with van der Waals surface area (Å²) in [6.45, 7) is 0.337. The number of fused-ring (bicyclic) bond motifs is 1. The first-order valence-corrected chi connectivity index (χ1v) is 7.19. The van der Waals surface area contributed by atoms with Gasteiger partial charge in [-0.15, -0.1) is 0 Å². The Bertz CT molecular complexity index is 815. The molecule has 2 heterocycles. The molecule has 118 valence electrons. The summed E-state index contributed by atoms with van der Waals surface area (Å²) in [5.41, 5.74) is 7.05. The number of aromatic amines is 1. The van der Waals surface area contributed by atoms with Crippen molar-refractivity contribution in [2.24, 2.45) is 11.7 Å². The predicted molar refractivity (Wildman–Crippen MR) is 85.2 cm³/mol. The minimum absolute atomic E-state index is 0.307. The molecule has 23 heavy (non-hydrogen) atoms. The van der Waals surface area contributed by atoms with Crippen molar-refractivity contribution < 1.29 is 9.18 Å². The number of anilines is 1. The van der Waals surface area contributed by atoms with Gasteiger partial charge < -0.3 is 16.0 Å². The number of rotatable bonds is 6. The van der Waals surface area contributed by atoms with Gasteiger partial charge in [-0.25, -0.2) is 14.4 Å². The zero-order valence-corrected chi connectivity index (χ0v) is 12.3. The van der Waals surface area contributed by atoms with Gasteiger partial charge in [0.1, 0.15) is 23.6 Å². The molecule has 0 aliphatic heterocycles. The molecule has 0 radical (unpaired) electrons. The third kappa shape index (κ3) is 3.45. The first-order chi connectivity index (χ1) is 11.1. The van der Waals surface area contributed by atoms with Gasteiger partial charge in [0.05, 0.1) is 11.3 Å². The van der Waals surface area contributed by atoms with E-state index in [1.54, 1.807) is 18.3 Å². The molecule has 0 saturated heterocycles. The molecule has 2 aromatic heterocycles. The molecule has 1 aromatic carbocycles. The number of nitrogens with zero attached hydrogens (tertiary/aromatic N) is 2. The molecule has 0 spiro atoms. The molecule has 1 atom stereocenters. The Morgan fingerprint density at radius 3 is 2.78 bits per heavy atom. The summed E-state index contributed by atoms with van der Waals surface area (Å²) in [6.07, 6.45) is 3.65. The standard InChI is InChI=1S/C16H16FN5O/c17-12-3-1-10(2-4-12)7-11(14(18)23)8-20-16-13-5-6-19-15(13)21-9-22-16/h1-6,9,11H,7-8H2,(H2,18,23)(H2,19,20,21,22)/t11-/m0/s1. The number of hydrogen-bond acceptors (Lipinski definition) is 4. The van der Waals surface area contributed by atoms with Crippen LogP contribution in [0.4, 0.5) is 10.2 Å². The van der Waals surface area contributed by atoms with Crippen molar-refractivity contribution in [2.45, 2.75) is 6.42 Å². The fourth-order valence-corrected chi connectivity index (χ4v) is 2.41. The summed E-state index contributed by atoms with van der Waals surface area (Å²) >= 11 is 0. The van der Waals surface area contributed by atoms with Crippen molar-refractivity contribution in [3.8, 4) is 0 Å². The highest BCUT2D eigenvalue weighted by Crippen LogP contribution is 2.18. The molecule has 0 aliphatic rings. The third-order valence-corrected chi connectivity index (χ3v) is 3.67. The van der Waals surface area contributed by atoms with Gasteiger partial charge in [-0.05, 0) is 30.2 Å². The van der Waals surface area contributed by atoms with Gasteiger partial charge in [-0.1, -0.05) is 12.1 Å². The van der Waals surface area contributed by atoms with Gasteiger partial charge in [0.25, 0.3) is 0 Å². The number of carbonyl (C=O) groups excluding carboxylic acids is 1. The van der Waals surface area contributed by atoms with Crippen LogP contribution in [0.15, 0.2) is 42.9 Å². The quantitative estimate of drug-likeness (QED) is 0.647. The lowest BCUT2D eigenvalue weighted by Gasteiger charge is -2.15. The van der Waals surface area contributed by atoms with E-state index in [-0.39, 0.29) is 5.82 Å². The van der Waals surface area contributed by atoms with Crippen molar-refractivity contribution >= 4 is 22.8 Å². The molecule has 7 heteroatoms. The lowest BCUT2D eigenvalue weighted by Crippen LogP contribution is -2.31. The smallest absolute Gasteiger partial charge is 0.222 e. The number of primary amides is 1. The van der Waals surface area contributed by atoms with Crippen LogP contribution in [-0.2, 0) is 11.2 Å². The van der Waals surface area contributed by atoms with E-state index in [9.17, 15) is 9.18 Å². The van der Waals surface area contributed by atoms with E-state index in [1.165, 1.54) is 18.5 Å². The minimum Gasteiger partial charge on any atom is -0.369 e. The van der Waals surface area contributed by atoms with Crippen LogP contribution in [0.2, 0.25) is 0 Å². The molecule has 0 saturated carbocycles. The van der Waals surface area contributed by atoms with Gasteiger partial charge in [0, 0.05) is 12.7 Å². The first-order valence-electron chi connectivity index (χ1n) is 7.19. The summed E-state index contributed by atoms with van der Waals surface area (Å²) in [7, 11) is 0. The number of aromatic nitrogens is 3. The van der Waals surface area contributed by atoms with E-state index in [0.29, 0.717) is 18.8 Å². The second-order valence-corrected chi connectivity index (χ2v) is 5.27. The molecule has 0 unspecified atom stereocenters. The lowest BCUT2D eigenvalue weighted by molar-refractivity contribution is -0.121. The van der Waals surface area contributed by atoms with Crippen LogP contribution >= 0.6 is 0 Å². The minimum atomic E-state index is -0.426. The van der Waals surface area contributed by atoms with E-state index in [1.807, 2.05) is 6.07 Å². The maximum absolute atomic E-state index is 12.9. The van der Waals surface area contributed by atoms with Gasteiger partial charge in [-0.2, -0.15) is 0 Å². The average Bonchev–Trinajstić information content (AvgIpc) is 3.02. The van der Waals surface area contributed by atoms with E-state index in [0.717, 1.165) is 16.6 Å². The maximum Gasteiger partial charge on any atom is 0.222 e. The zero-order valence-electron chi connectivity index (χ0n) is 12.3. The summed E-state index contributed by atoms with van der Waals surface area (Å²) < 4.78 is 12.9. The van der Waals surface area contributed by atoms with Crippen LogP contribution in [0.1, 0.15) is 5.56 Å². The topological polar surface area (TPSA) is 96.7 Å². The SMILES string of the molecule is NC(=O)[C@H](CNc1ncnc2[nH]ccc12)Cc1ccc(F)cc1. The Labute approximate surface area is 131 Å². The van der Waals surface area contributed by atoms with Crippen molar-refractivity contribution in [1.82, 2.24) is 15.0 Å². The van der Waals surface area contributed by atoms with Crippen molar-refractivity contribution in [3.63, 3.8) is 0 Å². The molecule has 3 rings (SSSR count). The number of H-pyrrole nitrogens is 1. The Hall–Kier alpha value is -2.96. The lowest BCUT2D eigenvalue weighted by atomic mass is 9.98. The van der Waals surface area contributed by atoms with Crippen molar-refractivity contribution in [1.29, 1.82) is 0 Å². The maximum atomic E-state index is 12.9.